The predicted octanol–water partition coefficient (Wildman–Crippen LogP) is 3.44. The highest BCUT2D eigenvalue weighted by Gasteiger charge is 2.27. The first-order valence-corrected chi connectivity index (χ1v) is 11.0. The summed E-state index contributed by atoms with van der Waals surface area (Å²) in [6.07, 6.45) is 1.72. The van der Waals surface area contributed by atoms with Crippen LogP contribution >= 0.6 is 0 Å². The minimum atomic E-state index is -3.53. The zero-order chi connectivity index (χ0) is 21.2. The van der Waals surface area contributed by atoms with Gasteiger partial charge in [-0.25, -0.2) is 13.2 Å². The van der Waals surface area contributed by atoms with E-state index in [1.165, 1.54) is 28.6 Å². The van der Waals surface area contributed by atoms with Gasteiger partial charge in [-0.05, 0) is 80.6 Å². The zero-order valence-electron chi connectivity index (χ0n) is 16.9. The normalized spacial score (nSPS) is 14.7. The van der Waals surface area contributed by atoms with Crippen LogP contribution < -0.4 is 0 Å². The third-order valence-corrected chi connectivity index (χ3v) is 7.18. The Balaban J connectivity index is 1.65. The van der Waals surface area contributed by atoms with E-state index in [1.807, 2.05) is 26.8 Å². The van der Waals surface area contributed by atoms with E-state index in [9.17, 15) is 18.0 Å². The van der Waals surface area contributed by atoms with Gasteiger partial charge in [0.15, 0.2) is 6.61 Å². The number of Topliss-reactive ketones (excluding diaryl/α,β-unsaturated/α-hetero) is 1. The largest absolute Gasteiger partial charge is 0.454 e. The fourth-order valence-electron chi connectivity index (χ4n) is 3.39. The van der Waals surface area contributed by atoms with Gasteiger partial charge in [0.1, 0.15) is 0 Å². The highest BCUT2D eigenvalue weighted by molar-refractivity contribution is 7.89. The van der Waals surface area contributed by atoms with Crippen LogP contribution in [0.15, 0.2) is 41.3 Å². The van der Waals surface area contributed by atoms with Crippen LogP contribution in [0.25, 0.3) is 0 Å². The first kappa shape index (κ1) is 21.2. The number of benzene rings is 2. The second kappa shape index (κ2) is 8.47. The van der Waals surface area contributed by atoms with Crippen molar-refractivity contribution in [1.29, 1.82) is 0 Å². The molecule has 1 aliphatic heterocycles. The van der Waals surface area contributed by atoms with Crippen LogP contribution in [0.2, 0.25) is 0 Å². The molecule has 7 heteroatoms. The molecule has 0 radical (unpaired) electrons. The van der Waals surface area contributed by atoms with Gasteiger partial charge in [-0.1, -0.05) is 6.07 Å². The standard InChI is InChI=1S/C22H25NO5S/c1-15-12-17(3)20(13-16(15)2)21(24)14-28-22(25)18-6-8-19(9-7-18)29(26,27)23-10-4-5-11-23/h6-9,12-13H,4-5,10-11,14H2,1-3H3. The number of hydrogen-bond donors (Lipinski definition) is 0. The topological polar surface area (TPSA) is 80.8 Å². The smallest absolute Gasteiger partial charge is 0.338 e. The Kier molecular flexibility index (Phi) is 6.19. The highest BCUT2D eigenvalue weighted by Crippen LogP contribution is 2.21. The molecule has 3 rings (SSSR count). The third-order valence-electron chi connectivity index (χ3n) is 5.27. The summed E-state index contributed by atoms with van der Waals surface area (Å²) in [7, 11) is -3.53. The Morgan fingerprint density at radius 2 is 1.52 bits per heavy atom. The van der Waals surface area contributed by atoms with Crippen molar-refractivity contribution in [3.05, 3.63) is 64.2 Å². The van der Waals surface area contributed by atoms with E-state index in [2.05, 4.69) is 0 Å². The molecule has 0 aromatic heterocycles. The molecule has 0 unspecified atom stereocenters. The van der Waals surface area contributed by atoms with Crippen molar-refractivity contribution < 1.29 is 22.7 Å². The molecule has 0 spiro atoms. The molecule has 0 amide bonds. The Labute approximate surface area is 171 Å². The summed E-state index contributed by atoms with van der Waals surface area (Å²) in [6, 6.07) is 9.37. The molecule has 154 valence electrons. The van der Waals surface area contributed by atoms with Gasteiger partial charge in [-0.3, -0.25) is 4.79 Å². The lowest BCUT2D eigenvalue weighted by molar-refractivity contribution is 0.0474. The van der Waals surface area contributed by atoms with Crippen LogP contribution in [0.3, 0.4) is 0 Å². The van der Waals surface area contributed by atoms with Crippen LogP contribution in [-0.4, -0.2) is 44.2 Å². The Morgan fingerprint density at radius 3 is 2.14 bits per heavy atom. The van der Waals surface area contributed by atoms with Gasteiger partial charge in [-0.2, -0.15) is 4.31 Å². The molecule has 6 nitrogen and oxygen atoms in total. The van der Waals surface area contributed by atoms with Gasteiger partial charge in [0, 0.05) is 18.7 Å². The predicted molar refractivity (Wildman–Crippen MR) is 110 cm³/mol. The minimum Gasteiger partial charge on any atom is -0.454 e. The fraction of sp³-hybridized carbons (Fsp3) is 0.364. The number of ether oxygens (including phenoxy) is 1. The van der Waals surface area contributed by atoms with Crippen molar-refractivity contribution >= 4 is 21.8 Å². The van der Waals surface area contributed by atoms with Crippen molar-refractivity contribution in [2.75, 3.05) is 19.7 Å². The van der Waals surface area contributed by atoms with Gasteiger partial charge in [0.25, 0.3) is 0 Å². The van der Waals surface area contributed by atoms with E-state index in [4.69, 9.17) is 4.74 Å². The summed E-state index contributed by atoms with van der Waals surface area (Å²) in [5.41, 5.74) is 3.67. The van der Waals surface area contributed by atoms with Crippen molar-refractivity contribution in [2.24, 2.45) is 0 Å². The molecule has 2 aromatic rings. The van der Waals surface area contributed by atoms with Crippen molar-refractivity contribution in [1.82, 2.24) is 4.31 Å². The van der Waals surface area contributed by atoms with E-state index in [1.54, 1.807) is 6.07 Å². The molecule has 2 aromatic carbocycles. The molecule has 29 heavy (non-hydrogen) atoms. The number of ketones is 1. The third kappa shape index (κ3) is 4.57. The minimum absolute atomic E-state index is 0.151. The summed E-state index contributed by atoms with van der Waals surface area (Å²) in [6.45, 7) is 6.43. The number of aryl methyl sites for hydroxylation is 3. The molecular weight excluding hydrogens is 390 g/mol. The number of hydrogen-bond acceptors (Lipinski definition) is 5. The molecule has 0 bridgehead atoms. The number of sulfonamides is 1. The Hall–Kier alpha value is -2.51. The Bertz CT molecular complexity index is 1040. The summed E-state index contributed by atoms with van der Waals surface area (Å²) < 4.78 is 31.7. The number of rotatable bonds is 6. The summed E-state index contributed by atoms with van der Waals surface area (Å²) in [5, 5.41) is 0. The maximum absolute atomic E-state index is 12.5. The fourth-order valence-corrected chi connectivity index (χ4v) is 4.91. The van der Waals surface area contributed by atoms with Crippen LogP contribution in [0.5, 0.6) is 0 Å². The summed E-state index contributed by atoms with van der Waals surface area (Å²) in [4.78, 5) is 24.9. The molecular formula is C22H25NO5S. The SMILES string of the molecule is Cc1cc(C)c(C(=O)COC(=O)c2ccc(S(=O)(=O)N3CCCC3)cc2)cc1C. The van der Waals surface area contributed by atoms with Gasteiger partial charge >= 0.3 is 5.97 Å². The van der Waals surface area contributed by atoms with E-state index in [-0.39, 0.29) is 22.8 Å². The zero-order valence-corrected chi connectivity index (χ0v) is 17.7. The molecule has 1 heterocycles. The number of esters is 1. The van der Waals surface area contributed by atoms with E-state index in [0.717, 1.165) is 29.5 Å². The number of nitrogens with zero attached hydrogens (tertiary/aromatic N) is 1. The maximum Gasteiger partial charge on any atom is 0.338 e. The van der Waals surface area contributed by atoms with Crippen molar-refractivity contribution in [2.45, 2.75) is 38.5 Å². The van der Waals surface area contributed by atoms with Crippen molar-refractivity contribution in [3.63, 3.8) is 0 Å². The lowest BCUT2D eigenvalue weighted by Gasteiger charge is -2.15. The summed E-state index contributed by atoms with van der Waals surface area (Å²) in [5.74, 6) is -0.933. The lowest BCUT2D eigenvalue weighted by atomic mass is 9.98. The lowest BCUT2D eigenvalue weighted by Crippen LogP contribution is -2.27. The van der Waals surface area contributed by atoms with Gasteiger partial charge in [0.05, 0.1) is 10.5 Å². The number of carbonyl (C=O) groups excluding carboxylic acids is 2. The van der Waals surface area contributed by atoms with Gasteiger partial charge in [-0.15, -0.1) is 0 Å². The first-order valence-electron chi connectivity index (χ1n) is 9.58. The molecule has 1 fully saturated rings. The Morgan fingerprint density at radius 1 is 0.931 bits per heavy atom. The summed E-state index contributed by atoms with van der Waals surface area (Å²) >= 11 is 0. The molecule has 0 aliphatic carbocycles. The van der Waals surface area contributed by atoms with E-state index >= 15 is 0 Å². The molecule has 0 N–H and O–H groups in total. The average Bonchev–Trinajstić information content (AvgIpc) is 3.24. The molecule has 1 aliphatic rings. The average molecular weight is 416 g/mol. The molecule has 0 atom stereocenters. The molecule has 0 saturated carbocycles. The number of carbonyl (C=O) groups is 2. The van der Waals surface area contributed by atoms with Crippen molar-refractivity contribution in [3.8, 4) is 0 Å². The molecule has 1 saturated heterocycles. The maximum atomic E-state index is 12.5. The van der Waals surface area contributed by atoms with Crippen LogP contribution in [-0.2, 0) is 14.8 Å². The monoisotopic (exact) mass is 415 g/mol. The quantitative estimate of drug-likeness (QED) is 0.533. The first-order chi connectivity index (χ1) is 13.7. The second-order valence-electron chi connectivity index (χ2n) is 7.39. The highest BCUT2D eigenvalue weighted by atomic mass is 32.2. The van der Waals surface area contributed by atoms with Gasteiger partial charge in [0.2, 0.25) is 15.8 Å². The van der Waals surface area contributed by atoms with Crippen LogP contribution in [0, 0.1) is 20.8 Å². The van der Waals surface area contributed by atoms with Gasteiger partial charge < -0.3 is 4.74 Å². The van der Waals surface area contributed by atoms with E-state index in [0.29, 0.717) is 18.7 Å². The van der Waals surface area contributed by atoms with Crippen LogP contribution in [0.1, 0.15) is 50.2 Å². The second-order valence-corrected chi connectivity index (χ2v) is 9.32. The van der Waals surface area contributed by atoms with Crippen LogP contribution in [0.4, 0.5) is 0 Å². The van der Waals surface area contributed by atoms with E-state index < -0.39 is 16.0 Å².